The maximum absolute atomic E-state index is 11.8. The molecule has 1 amide bonds. The molecule has 1 heterocycles. The standard InChI is InChI=1S/C11H17N3O3S2/c12-8-6-11(18-7-8)19(16,17)13-5-1-2-10(15)14-9-3-4-9/h6-7,9,13H,1-5,12H2,(H,14,15). The largest absolute Gasteiger partial charge is 0.398 e. The summed E-state index contributed by atoms with van der Waals surface area (Å²) in [6.07, 6.45) is 2.93. The van der Waals surface area contributed by atoms with E-state index >= 15 is 0 Å². The first-order valence-corrected chi connectivity index (χ1v) is 8.47. The zero-order valence-corrected chi connectivity index (χ0v) is 12.0. The predicted octanol–water partition coefficient (Wildman–Crippen LogP) is 0.667. The molecule has 4 N–H and O–H groups in total. The fourth-order valence-corrected chi connectivity index (χ4v) is 3.72. The first-order chi connectivity index (χ1) is 8.97. The van der Waals surface area contributed by atoms with Crippen LogP contribution in [0.4, 0.5) is 5.69 Å². The Kier molecular flexibility index (Phi) is 4.43. The van der Waals surface area contributed by atoms with Crippen molar-refractivity contribution in [2.45, 2.75) is 35.9 Å². The minimum Gasteiger partial charge on any atom is -0.398 e. The summed E-state index contributed by atoms with van der Waals surface area (Å²) < 4.78 is 26.3. The lowest BCUT2D eigenvalue weighted by atomic mass is 10.3. The van der Waals surface area contributed by atoms with Crippen LogP contribution < -0.4 is 15.8 Å². The quantitative estimate of drug-likeness (QED) is 0.644. The van der Waals surface area contributed by atoms with Crippen molar-refractivity contribution in [3.8, 4) is 0 Å². The van der Waals surface area contributed by atoms with Gasteiger partial charge in [0.05, 0.1) is 0 Å². The molecule has 1 aliphatic rings. The van der Waals surface area contributed by atoms with Crippen LogP contribution in [0.5, 0.6) is 0 Å². The van der Waals surface area contributed by atoms with Gasteiger partial charge in [0.1, 0.15) is 4.21 Å². The molecule has 0 saturated heterocycles. The highest BCUT2D eigenvalue weighted by atomic mass is 32.2. The topological polar surface area (TPSA) is 101 Å². The molecule has 19 heavy (non-hydrogen) atoms. The van der Waals surface area contributed by atoms with E-state index in [0.717, 1.165) is 24.2 Å². The summed E-state index contributed by atoms with van der Waals surface area (Å²) >= 11 is 1.08. The SMILES string of the molecule is Nc1csc(S(=O)(=O)NCCCC(=O)NC2CC2)c1. The Balaban J connectivity index is 1.71. The summed E-state index contributed by atoms with van der Waals surface area (Å²) in [5.41, 5.74) is 5.93. The number of amides is 1. The number of carbonyl (C=O) groups excluding carboxylic acids is 1. The number of nitrogens with two attached hydrogens (primary N) is 1. The highest BCUT2D eigenvalue weighted by Gasteiger charge is 2.23. The lowest BCUT2D eigenvalue weighted by Crippen LogP contribution is -2.28. The third kappa shape index (κ3) is 4.48. The van der Waals surface area contributed by atoms with Crippen LogP contribution in [-0.4, -0.2) is 26.9 Å². The second kappa shape index (κ2) is 5.89. The van der Waals surface area contributed by atoms with Gasteiger partial charge in [0.2, 0.25) is 15.9 Å². The average Bonchev–Trinajstić information content (AvgIpc) is 3.03. The summed E-state index contributed by atoms with van der Waals surface area (Å²) in [5, 5.41) is 4.44. The van der Waals surface area contributed by atoms with Gasteiger partial charge < -0.3 is 11.1 Å². The lowest BCUT2D eigenvalue weighted by molar-refractivity contribution is -0.121. The normalized spacial score (nSPS) is 15.4. The number of anilines is 1. The first kappa shape index (κ1) is 14.3. The molecule has 1 saturated carbocycles. The second-order valence-electron chi connectivity index (χ2n) is 4.54. The fraction of sp³-hybridized carbons (Fsp3) is 0.545. The summed E-state index contributed by atoms with van der Waals surface area (Å²) in [6.45, 7) is 0.248. The van der Waals surface area contributed by atoms with Crippen molar-refractivity contribution < 1.29 is 13.2 Å². The van der Waals surface area contributed by atoms with Gasteiger partial charge in [-0.25, -0.2) is 13.1 Å². The third-order valence-corrected chi connectivity index (χ3v) is 5.59. The van der Waals surface area contributed by atoms with Crippen LogP contribution in [-0.2, 0) is 14.8 Å². The smallest absolute Gasteiger partial charge is 0.250 e. The molecule has 0 radical (unpaired) electrons. The Morgan fingerprint density at radius 1 is 1.47 bits per heavy atom. The van der Waals surface area contributed by atoms with E-state index in [1.165, 1.54) is 6.07 Å². The molecule has 0 unspecified atom stereocenters. The molecule has 1 aliphatic carbocycles. The molecule has 1 fully saturated rings. The van der Waals surface area contributed by atoms with Crippen LogP contribution in [0.1, 0.15) is 25.7 Å². The number of sulfonamides is 1. The van der Waals surface area contributed by atoms with Crippen molar-refractivity contribution in [3.05, 3.63) is 11.4 Å². The van der Waals surface area contributed by atoms with Crippen LogP contribution >= 0.6 is 11.3 Å². The molecule has 1 aromatic rings. The zero-order valence-electron chi connectivity index (χ0n) is 10.4. The Morgan fingerprint density at radius 2 is 2.21 bits per heavy atom. The monoisotopic (exact) mass is 303 g/mol. The van der Waals surface area contributed by atoms with Gasteiger partial charge in [0.15, 0.2) is 0 Å². The van der Waals surface area contributed by atoms with E-state index in [0.29, 0.717) is 24.6 Å². The maximum Gasteiger partial charge on any atom is 0.250 e. The van der Waals surface area contributed by atoms with Gasteiger partial charge in [0.25, 0.3) is 0 Å². The molecular formula is C11H17N3O3S2. The van der Waals surface area contributed by atoms with Crippen LogP contribution in [0.2, 0.25) is 0 Å². The van der Waals surface area contributed by atoms with Gasteiger partial charge >= 0.3 is 0 Å². The van der Waals surface area contributed by atoms with Gasteiger partial charge in [-0.05, 0) is 25.3 Å². The van der Waals surface area contributed by atoms with Crippen LogP contribution in [0.3, 0.4) is 0 Å². The Morgan fingerprint density at radius 3 is 2.79 bits per heavy atom. The Hall–Kier alpha value is -1.12. The minimum atomic E-state index is -3.49. The van der Waals surface area contributed by atoms with Crippen LogP contribution in [0.15, 0.2) is 15.7 Å². The summed E-state index contributed by atoms with van der Waals surface area (Å²) in [5.74, 6) is -0.0120. The van der Waals surface area contributed by atoms with Crippen molar-refractivity contribution in [1.82, 2.24) is 10.0 Å². The molecule has 0 aromatic carbocycles. The molecule has 106 valence electrons. The van der Waals surface area contributed by atoms with E-state index in [-0.39, 0.29) is 16.7 Å². The molecule has 1 aromatic heterocycles. The molecule has 0 atom stereocenters. The van der Waals surface area contributed by atoms with Crippen molar-refractivity contribution in [2.75, 3.05) is 12.3 Å². The van der Waals surface area contributed by atoms with Gasteiger partial charge in [-0.1, -0.05) is 0 Å². The van der Waals surface area contributed by atoms with Gasteiger partial charge in [-0.3, -0.25) is 4.79 Å². The van der Waals surface area contributed by atoms with Crippen molar-refractivity contribution in [3.63, 3.8) is 0 Å². The van der Waals surface area contributed by atoms with Crippen LogP contribution in [0.25, 0.3) is 0 Å². The zero-order chi connectivity index (χ0) is 13.9. The van der Waals surface area contributed by atoms with E-state index in [2.05, 4.69) is 10.0 Å². The van der Waals surface area contributed by atoms with E-state index in [4.69, 9.17) is 5.73 Å². The van der Waals surface area contributed by atoms with Gasteiger partial charge in [-0.2, -0.15) is 0 Å². The molecule has 6 nitrogen and oxygen atoms in total. The molecule has 0 bridgehead atoms. The van der Waals surface area contributed by atoms with Gasteiger partial charge in [-0.15, -0.1) is 11.3 Å². The summed E-state index contributed by atoms with van der Waals surface area (Å²) in [4.78, 5) is 11.4. The number of hydrogen-bond donors (Lipinski definition) is 3. The summed E-state index contributed by atoms with van der Waals surface area (Å²) in [7, 11) is -3.49. The molecule has 0 spiro atoms. The van der Waals surface area contributed by atoms with E-state index in [1.54, 1.807) is 5.38 Å². The predicted molar refractivity (Wildman–Crippen MR) is 74.3 cm³/mol. The average molecular weight is 303 g/mol. The van der Waals surface area contributed by atoms with Crippen molar-refractivity contribution in [1.29, 1.82) is 0 Å². The molecule has 0 aliphatic heterocycles. The van der Waals surface area contributed by atoms with Crippen molar-refractivity contribution in [2.24, 2.45) is 0 Å². The minimum absolute atomic E-state index is 0.0120. The first-order valence-electron chi connectivity index (χ1n) is 6.10. The van der Waals surface area contributed by atoms with Crippen LogP contribution in [0, 0.1) is 0 Å². The third-order valence-electron chi connectivity index (χ3n) is 2.68. The van der Waals surface area contributed by atoms with Crippen molar-refractivity contribution >= 4 is 33.0 Å². The molecular weight excluding hydrogens is 286 g/mol. The number of nitrogens with one attached hydrogen (secondary N) is 2. The number of hydrogen-bond acceptors (Lipinski definition) is 5. The Bertz CT molecular complexity index is 549. The van der Waals surface area contributed by atoms with Gasteiger partial charge in [0, 0.05) is 30.1 Å². The molecule has 8 heteroatoms. The number of rotatable bonds is 7. The van der Waals surface area contributed by atoms with E-state index in [9.17, 15) is 13.2 Å². The fourth-order valence-electron chi connectivity index (χ4n) is 1.53. The highest BCUT2D eigenvalue weighted by molar-refractivity contribution is 7.91. The maximum atomic E-state index is 11.8. The second-order valence-corrected chi connectivity index (χ2v) is 7.45. The number of nitrogen functional groups attached to an aromatic ring is 1. The number of thiophene rings is 1. The van der Waals surface area contributed by atoms with E-state index < -0.39 is 10.0 Å². The van der Waals surface area contributed by atoms with E-state index in [1.807, 2.05) is 0 Å². The lowest BCUT2D eigenvalue weighted by Gasteiger charge is -2.05. The Labute approximate surface area is 116 Å². The molecule has 2 rings (SSSR count). The summed E-state index contributed by atoms with van der Waals surface area (Å²) in [6, 6.07) is 1.77. The highest BCUT2D eigenvalue weighted by Crippen LogP contribution is 2.21. The number of carbonyl (C=O) groups is 1.